The standard InChI is InChI=1S/C13H13ClO4/c1-8(15)12(16)7-10-4-2-9(3-5-10)6-11(14)13(17)18/h2-5,11H,6-7H2,1H3,(H,17,18). The van der Waals surface area contributed by atoms with Crippen molar-refractivity contribution in [2.24, 2.45) is 0 Å². The predicted octanol–water partition coefficient (Wildman–Crippen LogP) is 1.62. The Bertz CT molecular complexity index is 464. The molecule has 0 bridgehead atoms. The summed E-state index contributed by atoms with van der Waals surface area (Å²) < 4.78 is 0. The Hall–Kier alpha value is -1.68. The molecule has 0 spiro atoms. The van der Waals surface area contributed by atoms with Crippen LogP contribution in [0.3, 0.4) is 0 Å². The highest BCUT2D eigenvalue weighted by Gasteiger charge is 2.14. The molecule has 0 aliphatic heterocycles. The largest absolute Gasteiger partial charge is 0.480 e. The number of hydrogen-bond donors (Lipinski definition) is 1. The maximum atomic E-state index is 11.2. The van der Waals surface area contributed by atoms with E-state index in [-0.39, 0.29) is 12.8 Å². The molecule has 1 rings (SSSR count). The highest BCUT2D eigenvalue weighted by Crippen LogP contribution is 2.11. The van der Waals surface area contributed by atoms with Gasteiger partial charge in [-0.2, -0.15) is 0 Å². The molecule has 1 atom stereocenters. The van der Waals surface area contributed by atoms with Gasteiger partial charge in [0.1, 0.15) is 5.38 Å². The van der Waals surface area contributed by atoms with E-state index in [2.05, 4.69) is 0 Å². The first kappa shape index (κ1) is 14.4. The van der Waals surface area contributed by atoms with Crippen molar-refractivity contribution in [1.29, 1.82) is 0 Å². The van der Waals surface area contributed by atoms with Crippen molar-refractivity contribution >= 4 is 29.1 Å². The molecule has 1 unspecified atom stereocenters. The number of aliphatic carboxylic acids is 1. The Labute approximate surface area is 110 Å². The van der Waals surface area contributed by atoms with Crippen molar-refractivity contribution in [1.82, 2.24) is 0 Å². The molecule has 0 aliphatic carbocycles. The lowest BCUT2D eigenvalue weighted by Crippen LogP contribution is -2.16. The molecule has 0 saturated carbocycles. The monoisotopic (exact) mass is 268 g/mol. The molecule has 4 nitrogen and oxygen atoms in total. The zero-order valence-corrected chi connectivity index (χ0v) is 10.6. The van der Waals surface area contributed by atoms with Crippen LogP contribution in [0.15, 0.2) is 24.3 Å². The van der Waals surface area contributed by atoms with Gasteiger partial charge in [-0.1, -0.05) is 24.3 Å². The van der Waals surface area contributed by atoms with Gasteiger partial charge in [-0.05, 0) is 17.5 Å². The smallest absolute Gasteiger partial charge is 0.321 e. The number of carbonyl (C=O) groups is 3. The number of carboxylic acid groups (broad SMARTS) is 1. The Morgan fingerprint density at radius 1 is 1.17 bits per heavy atom. The first-order valence-electron chi connectivity index (χ1n) is 5.38. The zero-order valence-electron chi connectivity index (χ0n) is 9.85. The van der Waals surface area contributed by atoms with Crippen molar-refractivity contribution in [3.63, 3.8) is 0 Å². The highest BCUT2D eigenvalue weighted by atomic mass is 35.5. The molecule has 1 aromatic rings. The van der Waals surface area contributed by atoms with Gasteiger partial charge in [0.15, 0.2) is 5.78 Å². The number of hydrogen-bond acceptors (Lipinski definition) is 3. The Morgan fingerprint density at radius 3 is 2.11 bits per heavy atom. The summed E-state index contributed by atoms with van der Waals surface area (Å²) in [5.74, 6) is -1.97. The lowest BCUT2D eigenvalue weighted by Gasteiger charge is -2.05. The van der Waals surface area contributed by atoms with Gasteiger partial charge >= 0.3 is 5.97 Å². The molecule has 0 fully saturated rings. The Balaban J connectivity index is 2.66. The minimum absolute atomic E-state index is 0.0683. The van der Waals surface area contributed by atoms with Crippen LogP contribution in [0, 0.1) is 0 Å². The number of benzene rings is 1. The van der Waals surface area contributed by atoms with Crippen LogP contribution in [0.2, 0.25) is 0 Å². The molecule has 0 aromatic heterocycles. The minimum Gasteiger partial charge on any atom is -0.480 e. The van der Waals surface area contributed by atoms with E-state index < -0.39 is 22.9 Å². The van der Waals surface area contributed by atoms with Crippen LogP contribution in [0.5, 0.6) is 0 Å². The van der Waals surface area contributed by atoms with Crippen molar-refractivity contribution in [2.75, 3.05) is 0 Å². The quantitative estimate of drug-likeness (QED) is 0.629. The van der Waals surface area contributed by atoms with E-state index >= 15 is 0 Å². The van der Waals surface area contributed by atoms with E-state index in [1.165, 1.54) is 6.92 Å². The summed E-state index contributed by atoms with van der Waals surface area (Å²) in [6, 6.07) is 6.81. The SMILES string of the molecule is CC(=O)C(=O)Cc1ccc(CC(Cl)C(=O)O)cc1. The molecule has 1 aromatic carbocycles. The molecule has 0 aliphatic rings. The molecular weight excluding hydrogens is 256 g/mol. The van der Waals surface area contributed by atoms with Gasteiger partial charge in [0.2, 0.25) is 5.78 Å². The third-order valence-electron chi connectivity index (χ3n) is 2.46. The van der Waals surface area contributed by atoms with Crippen LogP contribution in [0.4, 0.5) is 0 Å². The van der Waals surface area contributed by atoms with Crippen LogP contribution < -0.4 is 0 Å². The summed E-state index contributed by atoms with van der Waals surface area (Å²) in [7, 11) is 0. The van der Waals surface area contributed by atoms with Gasteiger partial charge in [-0.25, -0.2) is 0 Å². The Morgan fingerprint density at radius 2 is 1.67 bits per heavy atom. The highest BCUT2D eigenvalue weighted by molar-refractivity contribution is 6.36. The summed E-state index contributed by atoms with van der Waals surface area (Å²) in [5.41, 5.74) is 1.50. The second kappa shape index (κ2) is 6.31. The summed E-state index contributed by atoms with van der Waals surface area (Å²) in [6.07, 6.45) is 0.288. The number of ketones is 2. The first-order valence-corrected chi connectivity index (χ1v) is 5.82. The van der Waals surface area contributed by atoms with Crippen LogP contribution in [-0.2, 0) is 27.2 Å². The molecule has 0 heterocycles. The third kappa shape index (κ3) is 4.30. The maximum absolute atomic E-state index is 11.2. The number of halogens is 1. The number of rotatable bonds is 6. The lowest BCUT2D eigenvalue weighted by atomic mass is 10.0. The molecule has 96 valence electrons. The van der Waals surface area contributed by atoms with Gasteiger partial charge in [-0.15, -0.1) is 11.6 Å². The van der Waals surface area contributed by atoms with Crippen molar-refractivity contribution in [3.8, 4) is 0 Å². The van der Waals surface area contributed by atoms with E-state index in [0.29, 0.717) is 0 Å². The van der Waals surface area contributed by atoms with Crippen molar-refractivity contribution in [3.05, 3.63) is 35.4 Å². The van der Waals surface area contributed by atoms with Crippen molar-refractivity contribution in [2.45, 2.75) is 25.1 Å². The predicted molar refractivity (Wildman–Crippen MR) is 66.8 cm³/mol. The topological polar surface area (TPSA) is 71.4 Å². The Kier molecular flexibility index (Phi) is 5.04. The van der Waals surface area contributed by atoms with Gasteiger partial charge in [-0.3, -0.25) is 14.4 Å². The second-order valence-electron chi connectivity index (χ2n) is 3.98. The molecule has 1 N–H and O–H groups in total. The van der Waals surface area contributed by atoms with Gasteiger partial charge in [0.25, 0.3) is 0 Å². The molecular formula is C13H13ClO4. The third-order valence-corrected chi connectivity index (χ3v) is 2.80. The number of carboxylic acids is 1. The lowest BCUT2D eigenvalue weighted by molar-refractivity contribution is -0.136. The van der Waals surface area contributed by atoms with E-state index in [4.69, 9.17) is 16.7 Å². The van der Waals surface area contributed by atoms with E-state index in [1.54, 1.807) is 24.3 Å². The number of alkyl halides is 1. The molecule has 18 heavy (non-hydrogen) atoms. The normalized spacial score (nSPS) is 11.9. The molecule has 5 heteroatoms. The van der Waals surface area contributed by atoms with E-state index in [9.17, 15) is 14.4 Å². The van der Waals surface area contributed by atoms with Crippen LogP contribution in [0.1, 0.15) is 18.1 Å². The van der Waals surface area contributed by atoms with Gasteiger partial charge in [0, 0.05) is 13.3 Å². The first-order chi connectivity index (χ1) is 8.40. The number of carbonyl (C=O) groups excluding carboxylic acids is 2. The zero-order chi connectivity index (χ0) is 13.7. The van der Waals surface area contributed by atoms with E-state index in [0.717, 1.165) is 11.1 Å². The van der Waals surface area contributed by atoms with Crippen LogP contribution >= 0.6 is 11.6 Å². The summed E-state index contributed by atoms with van der Waals surface area (Å²) in [6.45, 7) is 1.24. The fourth-order valence-electron chi connectivity index (χ4n) is 1.40. The van der Waals surface area contributed by atoms with Crippen LogP contribution in [-0.4, -0.2) is 28.0 Å². The minimum atomic E-state index is -1.06. The fourth-order valence-corrected chi connectivity index (χ4v) is 1.58. The maximum Gasteiger partial charge on any atom is 0.321 e. The van der Waals surface area contributed by atoms with Crippen molar-refractivity contribution < 1.29 is 19.5 Å². The van der Waals surface area contributed by atoms with Gasteiger partial charge < -0.3 is 5.11 Å². The average Bonchev–Trinajstić information content (AvgIpc) is 2.31. The number of Topliss-reactive ketones (excluding diaryl/α,β-unsaturated/α-hetero) is 2. The summed E-state index contributed by atoms with van der Waals surface area (Å²) in [5, 5.41) is 7.70. The van der Waals surface area contributed by atoms with Crippen LogP contribution in [0.25, 0.3) is 0 Å². The van der Waals surface area contributed by atoms with E-state index in [1.807, 2.05) is 0 Å². The molecule has 0 radical (unpaired) electrons. The van der Waals surface area contributed by atoms with Gasteiger partial charge in [0.05, 0.1) is 0 Å². The second-order valence-corrected chi connectivity index (χ2v) is 4.51. The average molecular weight is 269 g/mol. The summed E-state index contributed by atoms with van der Waals surface area (Å²) in [4.78, 5) is 32.6. The molecule has 0 saturated heterocycles. The fraction of sp³-hybridized carbons (Fsp3) is 0.308. The summed E-state index contributed by atoms with van der Waals surface area (Å²) >= 11 is 5.62. The molecule has 0 amide bonds.